The average Bonchev–Trinajstić information content (AvgIpc) is 2.35. The Morgan fingerprint density at radius 3 is 2.50 bits per heavy atom. The highest BCUT2D eigenvalue weighted by Crippen LogP contribution is 2.26. The molecule has 1 atom stereocenters. The van der Waals surface area contributed by atoms with Crippen molar-refractivity contribution in [3.63, 3.8) is 0 Å². The molecular weight excluding hydrogens is 410 g/mol. The molecule has 94 valence electrons. The van der Waals surface area contributed by atoms with E-state index in [0.29, 0.717) is 16.5 Å². The Hall–Kier alpha value is -0.460. The van der Waals surface area contributed by atoms with Crippen LogP contribution in [0.4, 0.5) is 4.39 Å². The summed E-state index contributed by atoms with van der Waals surface area (Å²) in [7, 11) is 0. The van der Waals surface area contributed by atoms with Gasteiger partial charge in [-0.2, -0.15) is 0 Å². The molecule has 0 heterocycles. The van der Waals surface area contributed by atoms with Gasteiger partial charge in [-0.25, -0.2) is 4.39 Å². The zero-order valence-electron chi connectivity index (χ0n) is 9.41. The highest BCUT2D eigenvalue weighted by molar-refractivity contribution is 14.1. The van der Waals surface area contributed by atoms with Crippen LogP contribution >= 0.6 is 38.5 Å². The zero-order valence-corrected chi connectivity index (χ0v) is 13.2. The first-order chi connectivity index (χ1) is 8.58. The van der Waals surface area contributed by atoms with Gasteiger partial charge in [0.25, 0.3) is 0 Å². The quantitative estimate of drug-likeness (QED) is 0.726. The van der Waals surface area contributed by atoms with E-state index >= 15 is 0 Å². The molecule has 2 aromatic rings. The fraction of sp³-hybridized carbons (Fsp3) is 0.143. The standard InChI is InChI=1S/C14H11BrFIO/c15-12-3-1-2-11(14(12)16)13(18)8-9-4-6-10(17)7-5-9/h1-7,13,18H,8H2. The van der Waals surface area contributed by atoms with E-state index in [1.807, 2.05) is 24.3 Å². The molecule has 1 nitrogen and oxygen atoms in total. The summed E-state index contributed by atoms with van der Waals surface area (Å²) in [5.41, 5.74) is 1.31. The van der Waals surface area contributed by atoms with Crippen molar-refractivity contribution in [1.82, 2.24) is 0 Å². The smallest absolute Gasteiger partial charge is 0.143 e. The summed E-state index contributed by atoms with van der Waals surface area (Å²) in [5.74, 6) is -0.393. The normalized spacial score (nSPS) is 12.4. The van der Waals surface area contributed by atoms with Gasteiger partial charge in [-0.15, -0.1) is 0 Å². The van der Waals surface area contributed by atoms with Crippen LogP contribution in [0, 0.1) is 9.39 Å². The first-order valence-corrected chi connectivity index (χ1v) is 7.31. The van der Waals surface area contributed by atoms with Crippen LogP contribution in [0.3, 0.4) is 0 Å². The van der Waals surface area contributed by atoms with Crippen molar-refractivity contribution in [2.75, 3.05) is 0 Å². The lowest BCUT2D eigenvalue weighted by Gasteiger charge is -2.12. The third-order valence-corrected chi connectivity index (χ3v) is 4.01. The third kappa shape index (κ3) is 3.30. The predicted octanol–water partition coefficient (Wildman–Crippen LogP) is 4.47. The van der Waals surface area contributed by atoms with Crippen LogP contribution in [0.5, 0.6) is 0 Å². The Morgan fingerprint density at radius 1 is 1.17 bits per heavy atom. The molecule has 2 rings (SSSR count). The zero-order chi connectivity index (χ0) is 13.1. The minimum atomic E-state index is -0.831. The first-order valence-electron chi connectivity index (χ1n) is 5.44. The largest absolute Gasteiger partial charge is 0.388 e. The highest BCUT2D eigenvalue weighted by Gasteiger charge is 2.15. The molecule has 0 saturated heterocycles. The van der Waals surface area contributed by atoms with Crippen molar-refractivity contribution < 1.29 is 9.50 Å². The molecule has 0 radical (unpaired) electrons. The predicted molar refractivity (Wildman–Crippen MR) is 81.9 cm³/mol. The maximum absolute atomic E-state index is 13.8. The van der Waals surface area contributed by atoms with E-state index in [0.717, 1.165) is 9.13 Å². The Labute approximate surface area is 127 Å². The highest BCUT2D eigenvalue weighted by atomic mass is 127. The fourth-order valence-corrected chi connectivity index (χ4v) is 2.47. The molecule has 1 unspecified atom stereocenters. The molecule has 0 saturated carbocycles. The van der Waals surface area contributed by atoms with E-state index in [1.54, 1.807) is 18.2 Å². The second-order valence-electron chi connectivity index (χ2n) is 3.99. The number of hydrogen-bond donors (Lipinski definition) is 1. The van der Waals surface area contributed by atoms with Crippen molar-refractivity contribution in [3.05, 3.63) is 67.5 Å². The van der Waals surface area contributed by atoms with Gasteiger partial charge in [-0.3, -0.25) is 0 Å². The summed E-state index contributed by atoms with van der Waals surface area (Å²) in [6.45, 7) is 0. The molecule has 0 amide bonds. The van der Waals surface area contributed by atoms with Crippen molar-refractivity contribution in [3.8, 4) is 0 Å². The van der Waals surface area contributed by atoms with E-state index in [1.165, 1.54) is 0 Å². The van der Waals surface area contributed by atoms with Gasteiger partial charge >= 0.3 is 0 Å². The van der Waals surface area contributed by atoms with Gasteiger partial charge in [0.15, 0.2) is 0 Å². The lowest BCUT2D eigenvalue weighted by molar-refractivity contribution is 0.173. The summed E-state index contributed by atoms with van der Waals surface area (Å²) in [6, 6.07) is 12.8. The molecule has 1 N–H and O–H groups in total. The number of hydrogen-bond acceptors (Lipinski definition) is 1. The van der Waals surface area contributed by atoms with Crippen molar-refractivity contribution in [1.29, 1.82) is 0 Å². The topological polar surface area (TPSA) is 20.2 Å². The van der Waals surface area contributed by atoms with Crippen LogP contribution in [0.25, 0.3) is 0 Å². The number of benzene rings is 2. The van der Waals surface area contributed by atoms with Gasteiger partial charge in [-0.05, 0) is 62.3 Å². The number of aliphatic hydroxyl groups excluding tert-OH is 1. The van der Waals surface area contributed by atoms with E-state index < -0.39 is 11.9 Å². The Morgan fingerprint density at radius 2 is 1.83 bits per heavy atom. The van der Waals surface area contributed by atoms with Gasteiger partial charge < -0.3 is 5.11 Å². The lowest BCUT2D eigenvalue weighted by Crippen LogP contribution is -2.04. The SMILES string of the molecule is OC(Cc1ccc(I)cc1)c1cccc(Br)c1F. The van der Waals surface area contributed by atoms with Gasteiger partial charge in [0.1, 0.15) is 5.82 Å². The molecule has 0 aromatic heterocycles. The summed E-state index contributed by atoms with van der Waals surface area (Å²) in [4.78, 5) is 0. The van der Waals surface area contributed by atoms with Gasteiger partial charge in [0.05, 0.1) is 10.6 Å². The van der Waals surface area contributed by atoms with Crippen LogP contribution < -0.4 is 0 Å². The van der Waals surface area contributed by atoms with E-state index in [9.17, 15) is 9.50 Å². The Balaban J connectivity index is 2.19. The minimum Gasteiger partial charge on any atom is -0.388 e. The van der Waals surface area contributed by atoms with Crippen LogP contribution in [-0.2, 0) is 6.42 Å². The van der Waals surface area contributed by atoms with Crippen LogP contribution in [-0.4, -0.2) is 5.11 Å². The molecule has 0 aliphatic heterocycles. The summed E-state index contributed by atoms with van der Waals surface area (Å²) in [5, 5.41) is 10.1. The van der Waals surface area contributed by atoms with E-state index in [2.05, 4.69) is 38.5 Å². The second-order valence-corrected chi connectivity index (χ2v) is 6.09. The Bertz CT molecular complexity index is 542. The van der Waals surface area contributed by atoms with Crippen molar-refractivity contribution >= 4 is 38.5 Å². The summed E-state index contributed by atoms with van der Waals surface area (Å²) in [6.07, 6.45) is -0.424. The van der Waals surface area contributed by atoms with Crippen LogP contribution in [0.15, 0.2) is 46.9 Å². The third-order valence-electron chi connectivity index (χ3n) is 2.68. The van der Waals surface area contributed by atoms with E-state index in [-0.39, 0.29) is 0 Å². The van der Waals surface area contributed by atoms with Crippen LogP contribution in [0.2, 0.25) is 0 Å². The number of halogens is 3. The lowest BCUT2D eigenvalue weighted by atomic mass is 10.0. The average molecular weight is 421 g/mol. The molecule has 4 heteroatoms. The molecular formula is C14H11BrFIO. The molecule has 0 aliphatic rings. The van der Waals surface area contributed by atoms with Gasteiger partial charge in [-0.1, -0.05) is 24.3 Å². The summed E-state index contributed by atoms with van der Waals surface area (Å²) < 4.78 is 15.3. The first kappa shape index (κ1) is 14.0. The molecule has 2 aromatic carbocycles. The maximum Gasteiger partial charge on any atom is 0.143 e. The second kappa shape index (κ2) is 6.12. The Kier molecular flexibility index (Phi) is 4.75. The number of rotatable bonds is 3. The van der Waals surface area contributed by atoms with Crippen LogP contribution in [0.1, 0.15) is 17.2 Å². The molecule has 0 aliphatic carbocycles. The van der Waals surface area contributed by atoms with Crippen molar-refractivity contribution in [2.45, 2.75) is 12.5 Å². The van der Waals surface area contributed by atoms with Gasteiger partial charge in [0.2, 0.25) is 0 Å². The molecule has 18 heavy (non-hydrogen) atoms. The molecule has 0 bridgehead atoms. The summed E-state index contributed by atoms with van der Waals surface area (Å²) >= 11 is 5.34. The van der Waals surface area contributed by atoms with Crippen molar-refractivity contribution in [2.24, 2.45) is 0 Å². The monoisotopic (exact) mass is 420 g/mol. The fourth-order valence-electron chi connectivity index (χ4n) is 1.73. The van der Waals surface area contributed by atoms with E-state index in [4.69, 9.17) is 0 Å². The maximum atomic E-state index is 13.8. The van der Waals surface area contributed by atoms with Gasteiger partial charge in [0, 0.05) is 15.6 Å². The number of aliphatic hydroxyl groups is 1. The molecule has 0 fully saturated rings. The minimum absolute atomic E-state index is 0.322. The molecule has 0 spiro atoms.